The first-order chi connectivity index (χ1) is 12.1. The van der Waals surface area contributed by atoms with E-state index in [1.165, 1.54) is 18.4 Å². The van der Waals surface area contributed by atoms with Crippen molar-refractivity contribution in [1.82, 2.24) is 9.78 Å². The van der Waals surface area contributed by atoms with Gasteiger partial charge in [-0.25, -0.2) is 0 Å². The number of rotatable bonds is 4. The van der Waals surface area contributed by atoms with Crippen LogP contribution in [0, 0.1) is 11.8 Å². The normalized spacial score (nSPS) is 22.8. The zero-order chi connectivity index (χ0) is 17.6. The zero-order valence-corrected chi connectivity index (χ0v) is 14.9. The number of hydrogen-bond acceptors (Lipinski definition) is 3. The molecule has 0 saturated heterocycles. The number of aliphatic hydroxyl groups excluding tert-OH is 1. The van der Waals surface area contributed by atoms with E-state index in [9.17, 15) is 4.79 Å². The summed E-state index contributed by atoms with van der Waals surface area (Å²) in [7, 11) is 0. The van der Waals surface area contributed by atoms with Crippen LogP contribution in [0.5, 0.6) is 0 Å². The van der Waals surface area contributed by atoms with Crippen molar-refractivity contribution in [3.8, 4) is 11.1 Å². The number of aromatic nitrogens is 2. The molecule has 25 heavy (non-hydrogen) atoms. The molecule has 2 aliphatic rings. The summed E-state index contributed by atoms with van der Waals surface area (Å²) < 4.78 is 1.75. The molecule has 1 aliphatic carbocycles. The fourth-order valence-corrected chi connectivity index (χ4v) is 4.28. The highest BCUT2D eigenvalue weighted by atomic mass is 16.3. The minimum absolute atomic E-state index is 0.0823. The Labute approximate surface area is 148 Å². The topological polar surface area (TPSA) is 58.4 Å². The summed E-state index contributed by atoms with van der Waals surface area (Å²) in [6.07, 6.45) is 7.30. The Morgan fingerprint density at radius 2 is 2.12 bits per heavy atom. The molecular formula is C20H25N3O2. The van der Waals surface area contributed by atoms with E-state index < -0.39 is 0 Å². The summed E-state index contributed by atoms with van der Waals surface area (Å²) in [5.74, 6) is 1.30. The lowest BCUT2D eigenvalue weighted by molar-refractivity contribution is -0.117. The molecule has 4 rings (SSSR count). The number of nitrogens with zero attached hydrogens (tertiary/aromatic N) is 3. The molecule has 1 aliphatic heterocycles. The summed E-state index contributed by atoms with van der Waals surface area (Å²) in [5.41, 5.74) is 4.48. The van der Waals surface area contributed by atoms with Crippen molar-refractivity contribution in [3.63, 3.8) is 0 Å². The SMILES string of the molecule is CC(=O)N1c2ccc(-c3cnn(CCO)c3)cc2CC(C)[C@@H]1C1CC1. The van der Waals surface area contributed by atoms with Gasteiger partial charge in [0.05, 0.1) is 19.3 Å². The molecule has 1 N–H and O–H groups in total. The second kappa shape index (κ2) is 6.30. The first-order valence-electron chi connectivity index (χ1n) is 9.15. The molecule has 1 saturated carbocycles. The third-order valence-electron chi connectivity index (χ3n) is 5.50. The maximum atomic E-state index is 12.4. The quantitative estimate of drug-likeness (QED) is 0.932. The van der Waals surface area contributed by atoms with Crippen molar-refractivity contribution in [2.75, 3.05) is 11.5 Å². The Bertz CT molecular complexity index is 794. The lowest BCUT2D eigenvalue weighted by Gasteiger charge is -2.41. The minimum atomic E-state index is 0.0823. The van der Waals surface area contributed by atoms with E-state index in [2.05, 4.69) is 30.2 Å². The summed E-state index contributed by atoms with van der Waals surface area (Å²) in [6, 6.07) is 6.72. The lowest BCUT2D eigenvalue weighted by atomic mass is 9.83. The third kappa shape index (κ3) is 2.97. The molecule has 1 unspecified atom stereocenters. The molecule has 0 bridgehead atoms. The van der Waals surface area contributed by atoms with Crippen LogP contribution in [-0.2, 0) is 17.8 Å². The Hall–Kier alpha value is -2.14. The molecule has 0 radical (unpaired) electrons. The molecule has 2 aromatic rings. The van der Waals surface area contributed by atoms with Gasteiger partial charge in [0.15, 0.2) is 0 Å². The van der Waals surface area contributed by atoms with Gasteiger partial charge in [-0.1, -0.05) is 13.0 Å². The molecule has 1 aromatic heterocycles. The van der Waals surface area contributed by atoms with Crippen molar-refractivity contribution in [1.29, 1.82) is 0 Å². The Kier molecular flexibility index (Phi) is 4.12. The predicted octanol–water partition coefficient (Wildman–Crippen LogP) is 2.87. The average molecular weight is 339 g/mol. The van der Waals surface area contributed by atoms with E-state index in [0.717, 1.165) is 23.2 Å². The van der Waals surface area contributed by atoms with Crippen molar-refractivity contribution < 1.29 is 9.90 Å². The van der Waals surface area contributed by atoms with Gasteiger partial charge in [-0.15, -0.1) is 0 Å². The van der Waals surface area contributed by atoms with Crippen molar-refractivity contribution in [2.45, 2.75) is 45.7 Å². The zero-order valence-electron chi connectivity index (χ0n) is 14.9. The number of fused-ring (bicyclic) bond motifs is 1. The fourth-order valence-electron chi connectivity index (χ4n) is 4.28. The van der Waals surface area contributed by atoms with Gasteiger partial charge in [0.1, 0.15) is 0 Å². The van der Waals surface area contributed by atoms with Crippen LogP contribution in [0.25, 0.3) is 11.1 Å². The molecule has 1 amide bonds. The second-order valence-electron chi connectivity index (χ2n) is 7.46. The average Bonchev–Trinajstić information content (AvgIpc) is 3.31. The number of amides is 1. The standard InChI is InChI=1S/C20H25N3O2/c1-13-9-17-10-16(18-11-21-22(12-18)7-8-24)5-6-19(17)23(14(2)25)20(13)15-3-4-15/h5-6,10-13,15,20,24H,3-4,7-9H2,1-2H3/t13?,20-/m1/s1. The monoisotopic (exact) mass is 339 g/mol. The second-order valence-corrected chi connectivity index (χ2v) is 7.46. The van der Waals surface area contributed by atoms with E-state index in [0.29, 0.717) is 24.4 Å². The van der Waals surface area contributed by atoms with Crippen LogP contribution in [0.3, 0.4) is 0 Å². The summed E-state index contributed by atoms with van der Waals surface area (Å²) in [4.78, 5) is 14.4. The van der Waals surface area contributed by atoms with E-state index in [1.54, 1.807) is 11.6 Å². The molecule has 0 spiro atoms. The van der Waals surface area contributed by atoms with Gasteiger partial charge in [-0.2, -0.15) is 5.10 Å². The highest BCUT2D eigenvalue weighted by Crippen LogP contribution is 2.45. The van der Waals surface area contributed by atoms with Gasteiger partial charge in [0, 0.05) is 30.4 Å². The number of carbonyl (C=O) groups is 1. The minimum Gasteiger partial charge on any atom is -0.394 e. The molecule has 1 fully saturated rings. The smallest absolute Gasteiger partial charge is 0.224 e. The molecule has 2 atom stereocenters. The van der Waals surface area contributed by atoms with Crippen molar-refractivity contribution in [3.05, 3.63) is 36.2 Å². The van der Waals surface area contributed by atoms with Gasteiger partial charge >= 0.3 is 0 Å². The van der Waals surface area contributed by atoms with Crippen LogP contribution < -0.4 is 4.90 Å². The Morgan fingerprint density at radius 1 is 1.32 bits per heavy atom. The first-order valence-corrected chi connectivity index (χ1v) is 9.15. The largest absolute Gasteiger partial charge is 0.394 e. The van der Waals surface area contributed by atoms with Gasteiger partial charge in [-0.05, 0) is 54.4 Å². The van der Waals surface area contributed by atoms with Gasteiger partial charge < -0.3 is 10.0 Å². The van der Waals surface area contributed by atoms with Gasteiger partial charge in [0.2, 0.25) is 5.91 Å². The predicted molar refractivity (Wildman–Crippen MR) is 97.3 cm³/mol. The van der Waals surface area contributed by atoms with E-state index in [4.69, 9.17) is 5.11 Å². The number of aliphatic hydroxyl groups is 1. The molecule has 1 aromatic carbocycles. The van der Waals surface area contributed by atoms with Crippen LogP contribution in [0.2, 0.25) is 0 Å². The number of benzene rings is 1. The van der Waals surface area contributed by atoms with Crippen LogP contribution in [0.1, 0.15) is 32.3 Å². The maximum absolute atomic E-state index is 12.4. The van der Waals surface area contributed by atoms with Gasteiger partial charge in [0.25, 0.3) is 0 Å². The van der Waals surface area contributed by atoms with Crippen molar-refractivity contribution in [2.24, 2.45) is 11.8 Å². The first kappa shape index (κ1) is 16.3. The van der Waals surface area contributed by atoms with Crippen molar-refractivity contribution >= 4 is 11.6 Å². The van der Waals surface area contributed by atoms with E-state index in [-0.39, 0.29) is 12.5 Å². The number of carbonyl (C=O) groups excluding carboxylic acids is 1. The molecule has 5 heteroatoms. The molecule has 2 heterocycles. The fraction of sp³-hybridized carbons (Fsp3) is 0.500. The number of anilines is 1. The Balaban J connectivity index is 1.70. The van der Waals surface area contributed by atoms with Crippen LogP contribution in [0.15, 0.2) is 30.6 Å². The summed E-state index contributed by atoms with van der Waals surface area (Å²) in [6.45, 7) is 4.54. The molecule has 5 nitrogen and oxygen atoms in total. The summed E-state index contributed by atoms with van der Waals surface area (Å²) >= 11 is 0. The Morgan fingerprint density at radius 3 is 2.80 bits per heavy atom. The van der Waals surface area contributed by atoms with E-state index in [1.807, 2.05) is 17.3 Å². The van der Waals surface area contributed by atoms with Crippen LogP contribution >= 0.6 is 0 Å². The maximum Gasteiger partial charge on any atom is 0.224 e. The van der Waals surface area contributed by atoms with Gasteiger partial charge in [-0.3, -0.25) is 9.48 Å². The summed E-state index contributed by atoms with van der Waals surface area (Å²) in [5, 5.41) is 13.3. The highest BCUT2D eigenvalue weighted by Gasteiger charge is 2.43. The van der Waals surface area contributed by atoms with Crippen LogP contribution in [0.4, 0.5) is 5.69 Å². The lowest BCUT2D eigenvalue weighted by Crippen LogP contribution is -2.48. The van der Waals surface area contributed by atoms with E-state index >= 15 is 0 Å². The number of hydrogen-bond donors (Lipinski definition) is 1. The molecular weight excluding hydrogens is 314 g/mol. The highest BCUT2D eigenvalue weighted by molar-refractivity contribution is 5.94. The van der Waals surface area contributed by atoms with Crippen LogP contribution in [-0.4, -0.2) is 33.4 Å². The third-order valence-corrected chi connectivity index (χ3v) is 5.50. The molecule has 132 valence electrons.